The molecule has 2 nitrogen and oxygen atoms in total. The molecule has 0 spiro atoms. The van der Waals surface area contributed by atoms with Crippen molar-refractivity contribution in [2.45, 2.75) is 201 Å². The van der Waals surface area contributed by atoms with E-state index in [1.807, 2.05) is 0 Å². The molecular weight excluding hydrogens is 916 g/mol. The van der Waals surface area contributed by atoms with E-state index in [1.54, 1.807) is 0 Å². The van der Waals surface area contributed by atoms with E-state index in [-0.39, 0.29) is 50.0 Å². The second kappa shape index (κ2) is 17.1. The minimum absolute atomic E-state index is 0.00764. The fraction of sp³-hybridized carbons (Fsp3) is 0.425. The number of benzene rings is 7. The summed E-state index contributed by atoms with van der Waals surface area (Å²) in [5, 5.41) is 0. The average Bonchev–Trinajstić information content (AvgIpc) is 3.44. The van der Waals surface area contributed by atoms with Gasteiger partial charge in [0.1, 0.15) is 0 Å². The second-order valence-corrected chi connectivity index (χ2v) is 30.1. The molecule has 0 radical (unpaired) electrons. The molecule has 0 saturated carbocycles. The van der Waals surface area contributed by atoms with Crippen LogP contribution < -0.4 is 26.2 Å². The van der Waals surface area contributed by atoms with E-state index in [2.05, 4.69) is 275 Å². The highest BCUT2D eigenvalue weighted by molar-refractivity contribution is 7.00. The third-order valence-electron chi connectivity index (χ3n) is 19.4. The van der Waals surface area contributed by atoms with Crippen LogP contribution in [0.4, 0.5) is 34.1 Å². The van der Waals surface area contributed by atoms with E-state index >= 15 is 0 Å². The molecule has 2 aliphatic heterocycles. The number of nitrogens with zero attached hydrogens (tertiary/aromatic N) is 2. The number of fused-ring (bicyclic) bond motifs is 6. The number of hydrogen-bond acceptors (Lipinski definition) is 2. The Morgan fingerprint density at radius 2 is 0.855 bits per heavy atom. The summed E-state index contributed by atoms with van der Waals surface area (Å²) in [5.41, 5.74) is 26.7. The molecule has 3 heteroatoms. The molecule has 0 unspecified atom stereocenters. The zero-order valence-electron chi connectivity index (χ0n) is 50.0. The van der Waals surface area contributed by atoms with Crippen molar-refractivity contribution in [1.82, 2.24) is 0 Å². The predicted octanol–water partition coefficient (Wildman–Crippen LogP) is 18.4. The van der Waals surface area contributed by atoms with Gasteiger partial charge in [0.05, 0.1) is 5.69 Å². The summed E-state index contributed by atoms with van der Waals surface area (Å²) in [6.45, 7) is 46.0. The van der Waals surface area contributed by atoms with Crippen molar-refractivity contribution in [1.29, 1.82) is 0 Å². The zero-order valence-corrected chi connectivity index (χ0v) is 50.0. The van der Waals surface area contributed by atoms with Gasteiger partial charge in [-0.2, -0.15) is 0 Å². The molecular formula is C73H87BN2. The van der Waals surface area contributed by atoms with Gasteiger partial charge < -0.3 is 9.80 Å². The Balaban J connectivity index is 1.30. The smallest absolute Gasteiger partial charge is 0.252 e. The van der Waals surface area contributed by atoms with Crippen molar-refractivity contribution in [3.05, 3.63) is 184 Å². The Morgan fingerprint density at radius 1 is 0.355 bits per heavy atom. The van der Waals surface area contributed by atoms with Gasteiger partial charge >= 0.3 is 0 Å². The lowest BCUT2D eigenvalue weighted by molar-refractivity contribution is 0.332. The maximum Gasteiger partial charge on any atom is 0.252 e. The van der Waals surface area contributed by atoms with Crippen molar-refractivity contribution in [2.75, 3.05) is 9.80 Å². The van der Waals surface area contributed by atoms with E-state index in [0.29, 0.717) is 0 Å². The monoisotopic (exact) mass is 1000 g/mol. The minimum atomic E-state index is -0.248. The van der Waals surface area contributed by atoms with Gasteiger partial charge in [-0.1, -0.05) is 216 Å². The van der Waals surface area contributed by atoms with Gasteiger partial charge in [0.25, 0.3) is 6.71 Å². The highest BCUT2D eigenvalue weighted by Gasteiger charge is 2.48. The fourth-order valence-corrected chi connectivity index (χ4v) is 13.7. The highest BCUT2D eigenvalue weighted by Crippen LogP contribution is 2.54. The molecule has 7 aromatic rings. The summed E-state index contributed by atoms with van der Waals surface area (Å²) in [7, 11) is 0. The van der Waals surface area contributed by atoms with E-state index in [4.69, 9.17) is 0 Å². The fourth-order valence-electron chi connectivity index (χ4n) is 13.7. The number of anilines is 6. The summed E-state index contributed by atoms with van der Waals surface area (Å²) >= 11 is 0. The SMILES string of the molecule is CC(C)(C)c1cccc(-c2cc(C(C)(C)C)ccc2N2c3ccc(C(C)(C)c4ccccc4)cc3B3c4cc5c(cc4N(c4ccc6c(c4)C(C)(C)CCC6(C)C)c4cc(C(C)(C)C)cc2c43)C(C)(C)CCC5(C)C)c1. The van der Waals surface area contributed by atoms with E-state index in [9.17, 15) is 0 Å². The van der Waals surface area contributed by atoms with Crippen LogP contribution in [0.3, 0.4) is 0 Å². The maximum absolute atomic E-state index is 2.74. The molecule has 7 aromatic carbocycles. The third kappa shape index (κ3) is 8.43. The van der Waals surface area contributed by atoms with Crippen molar-refractivity contribution in [3.8, 4) is 11.1 Å². The van der Waals surface area contributed by atoms with Crippen LogP contribution in [0.25, 0.3) is 11.1 Å². The summed E-state index contributed by atoms with van der Waals surface area (Å²) in [6.07, 6.45) is 4.69. The lowest BCUT2D eigenvalue weighted by Gasteiger charge is -2.48. The molecule has 0 amide bonds. The molecule has 0 fully saturated rings. The van der Waals surface area contributed by atoms with Crippen molar-refractivity contribution < 1.29 is 0 Å². The Kier molecular flexibility index (Phi) is 11.8. The van der Waals surface area contributed by atoms with Gasteiger partial charge in [-0.25, -0.2) is 0 Å². The summed E-state index contributed by atoms with van der Waals surface area (Å²) in [5.74, 6) is 0. The van der Waals surface area contributed by atoms with Gasteiger partial charge in [-0.3, -0.25) is 0 Å². The first-order valence-corrected chi connectivity index (χ1v) is 28.9. The number of hydrogen-bond donors (Lipinski definition) is 0. The van der Waals surface area contributed by atoms with Crippen LogP contribution in [0, 0.1) is 0 Å². The average molecular weight is 1000 g/mol. The van der Waals surface area contributed by atoms with Crippen LogP contribution >= 0.6 is 0 Å². The van der Waals surface area contributed by atoms with Crippen LogP contribution in [0.1, 0.15) is 207 Å². The first kappa shape index (κ1) is 52.3. The molecule has 4 aliphatic rings. The van der Waals surface area contributed by atoms with Crippen molar-refractivity contribution in [2.24, 2.45) is 0 Å². The quantitative estimate of drug-likeness (QED) is 0.159. The molecule has 0 bridgehead atoms. The van der Waals surface area contributed by atoms with Crippen LogP contribution in [0.15, 0.2) is 133 Å². The van der Waals surface area contributed by atoms with Gasteiger partial charge in [0.15, 0.2) is 0 Å². The lowest BCUT2D eigenvalue weighted by Crippen LogP contribution is -2.62. The van der Waals surface area contributed by atoms with E-state index in [0.717, 1.165) is 12.8 Å². The largest absolute Gasteiger partial charge is 0.311 e. The topological polar surface area (TPSA) is 6.48 Å². The molecule has 0 atom stereocenters. The molecule has 11 rings (SSSR count). The zero-order chi connectivity index (χ0) is 54.7. The standard InChI is InChI=1S/C73H87BN2/c1-66(2,3)48-27-23-24-46(38-48)53-39-49(67(4,5)6)28-32-60(53)76-61-33-29-50(73(18,19)47-25-21-20-22-26-47)40-58(61)74-59-44-56-57(72(16,17)37-36-71(56,14)15)45-62(59)75(63-41-51(68(7,8)9)42-64(76)65(63)74)52-30-31-54-55(43-52)70(12,13)35-34-69(54,10)11/h20-33,38-45H,34-37H2,1-19H3. The number of rotatable bonds is 5. The van der Waals surface area contributed by atoms with Crippen molar-refractivity contribution >= 4 is 57.2 Å². The first-order chi connectivity index (χ1) is 35.3. The predicted molar refractivity (Wildman–Crippen MR) is 331 cm³/mol. The Hall–Kier alpha value is -5.80. The molecule has 0 N–H and O–H groups in total. The lowest BCUT2D eigenvalue weighted by atomic mass is 9.32. The summed E-state index contributed by atoms with van der Waals surface area (Å²) in [4.78, 5) is 5.45. The van der Waals surface area contributed by atoms with Crippen LogP contribution in [-0.4, -0.2) is 6.71 Å². The molecule has 392 valence electrons. The van der Waals surface area contributed by atoms with Gasteiger partial charge in [-0.05, 0) is 184 Å². The Morgan fingerprint density at radius 3 is 1.46 bits per heavy atom. The Bertz CT molecular complexity index is 3470. The molecule has 0 aromatic heterocycles. The Labute approximate surface area is 459 Å². The normalized spacial score (nSPS) is 18.1. The van der Waals surface area contributed by atoms with Gasteiger partial charge in [-0.15, -0.1) is 0 Å². The first-order valence-electron chi connectivity index (χ1n) is 28.9. The van der Waals surface area contributed by atoms with E-state index in [1.165, 1.54) is 125 Å². The van der Waals surface area contributed by atoms with Crippen LogP contribution in [0.5, 0.6) is 0 Å². The minimum Gasteiger partial charge on any atom is -0.311 e. The maximum atomic E-state index is 2.74. The van der Waals surface area contributed by atoms with Crippen molar-refractivity contribution in [3.63, 3.8) is 0 Å². The van der Waals surface area contributed by atoms with Crippen LogP contribution in [-0.2, 0) is 43.3 Å². The van der Waals surface area contributed by atoms with E-state index < -0.39 is 0 Å². The molecule has 2 heterocycles. The summed E-state index contributed by atoms with van der Waals surface area (Å²) in [6, 6.07) is 53.8. The molecule has 76 heavy (non-hydrogen) atoms. The highest BCUT2D eigenvalue weighted by atomic mass is 15.2. The molecule has 0 saturated heterocycles. The van der Waals surface area contributed by atoms with Gasteiger partial charge in [0.2, 0.25) is 0 Å². The van der Waals surface area contributed by atoms with Gasteiger partial charge in [0, 0.05) is 39.4 Å². The second-order valence-electron chi connectivity index (χ2n) is 30.1. The molecule has 2 aliphatic carbocycles. The summed E-state index contributed by atoms with van der Waals surface area (Å²) < 4.78 is 0. The van der Waals surface area contributed by atoms with Crippen LogP contribution in [0.2, 0.25) is 0 Å². The third-order valence-corrected chi connectivity index (χ3v) is 19.4.